The van der Waals surface area contributed by atoms with E-state index in [9.17, 15) is 0 Å². The van der Waals surface area contributed by atoms with Crippen molar-refractivity contribution in [3.05, 3.63) is 0 Å². The summed E-state index contributed by atoms with van der Waals surface area (Å²) in [6.07, 6.45) is 5.36. The molecule has 3 atom stereocenters. The van der Waals surface area contributed by atoms with Gasteiger partial charge in [0.2, 0.25) is 0 Å². The van der Waals surface area contributed by atoms with Crippen LogP contribution in [0.15, 0.2) is 0 Å². The zero-order valence-electron chi connectivity index (χ0n) is 8.52. The predicted molar refractivity (Wildman–Crippen MR) is 50.1 cm³/mol. The highest BCUT2D eigenvalue weighted by molar-refractivity contribution is 4.99. The third-order valence-electron chi connectivity index (χ3n) is 4.39. The second kappa shape index (κ2) is 2.47. The van der Waals surface area contributed by atoms with Crippen molar-refractivity contribution in [1.29, 1.82) is 0 Å². The fourth-order valence-corrected chi connectivity index (χ4v) is 2.81. The quantitative estimate of drug-likeness (QED) is 0.585. The fourth-order valence-electron chi connectivity index (χ4n) is 2.81. The van der Waals surface area contributed by atoms with Crippen molar-refractivity contribution in [2.75, 3.05) is 6.61 Å². The number of hydrogen-bond donors (Lipinski definition) is 0. The van der Waals surface area contributed by atoms with E-state index in [2.05, 4.69) is 20.8 Å². The lowest BCUT2D eigenvalue weighted by Gasteiger charge is -2.55. The van der Waals surface area contributed by atoms with Gasteiger partial charge in [-0.3, -0.25) is 0 Å². The van der Waals surface area contributed by atoms with Crippen molar-refractivity contribution in [3.8, 4) is 0 Å². The number of rotatable bonds is 1. The fraction of sp³-hybridized carbons (Fsp3) is 1.00. The maximum absolute atomic E-state index is 5.97. The summed E-state index contributed by atoms with van der Waals surface area (Å²) in [6, 6.07) is 0. The molecule has 0 N–H and O–H groups in total. The molecule has 2 aliphatic heterocycles. The molecular weight excluding hydrogens is 148 g/mol. The molecule has 3 aliphatic rings. The van der Waals surface area contributed by atoms with Crippen molar-refractivity contribution in [3.63, 3.8) is 0 Å². The molecule has 2 heterocycles. The third kappa shape index (κ3) is 1.02. The van der Waals surface area contributed by atoms with Gasteiger partial charge in [0.1, 0.15) is 0 Å². The maximum atomic E-state index is 5.97. The smallest absolute Gasteiger partial charge is 0.0680 e. The van der Waals surface area contributed by atoms with Crippen molar-refractivity contribution in [2.24, 2.45) is 11.3 Å². The van der Waals surface area contributed by atoms with Crippen LogP contribution in [0.25, 0.3) is 0 Å². The van der Waals surface area contributed by atoms with E-state index in [4.69, 9.17) is 4.74 Å². The monoisotopic (exact) mass is 168 g/mol. The average molecular weight is 168 g/mol. The highest BCUT2D eigenvalue weighted by atomic mass is 16.5. The van der Waals surface area contributed by atoms with E-state index in [0.717, 1.165) is 12.5 Å². The minimum Gasteiger partial charge on any atom is -0.374 e. The molecule has 1 saturated carbocycles. The Morgan fingerprint density at radius 1 is 1.42 bits per heavy atom. The number of ether oxygens (including phenoxy) is 1. The maximum Gasteiger partial charge on any atom is 0.0680 e. The number of hydrogen-bond acceptors (Lipinski definition) is 1. The first-order valence-electron chi connectivity index (χ1n) is 5.24. The Morgan fingerprint density at radius 3 is 2.58 bits per heavy atom. The molecule has 70 valence electrons. The van der Waals surface area contributed by atoms with Crippen molar-refractivity contribution in [1.82, 2.24) is 0 Å². The molecule has 0 aromatic rings. The molecule has 12 heavy (non-hydrogen) atoms. The molecule has 1 heteroatoms. The molecule has 1 aliphatic carbocycles. The van der Waals surface area contributed by atoms with Crippen LogP contribution < -0.4 is 0 Å². The lowest BCUT2D eigenvalue weighted by molar-refractivity contribution is -0.204. The Labute approximate surface area is 75.5 Å². The SMILES string of the molecule is CCC12CCC(C)(OC1)C(C)C2. The Kier molecular flexibility index (Phi) is 1.76. The van der Waals surface area contributed by atoms with E-state index in [1.165, 1.54) is 25.7 Å². The van der Waals surface area contributed by atoms with Crippen LogP contribution in [0.5, 0.6) is 0 Å². The molecule has 0 amide bonds. The highest BCUT2D eigenvalue weighted by Crippen LogP contribution is 2.53. The zero-order valence-corrected chi connectivity index (χ0v) is 8.52. The van der Waals surface area contributed by atoms with Crippen LogP contribution in [0, 0.1) is 11.3 Å². The van der Waals surface area contributed by atoms with Gasteiger partial charge in [-0.2, -0.15) is 0 Å². The molecule has 0 aromatic heterocycles. The van der Waals surface area contributed by atoms with E-state index >= 15 is 0 Å². The van der Waals surface area contributed by atoms with Crippen LogP contribution in [0.4, 0.5) is 0 Å². The minimum atomic E-state index is 0.219. The van der Waals surface area contributed by atoms with Crippen LogP contribution in [-0.2, 0) is 4.74 Å². The first-order chi connectivity index (χ1) is 5.60. The molecule has 0 radical (unpaired) electrons. The Bertz CT molecular complexity index is 177. The molecule has 3 unspecified atom stereocenters. The zero-order chi connectivity index (χ0) is 8.82. The molecule has 0 aromatic carbocycles. The molecule has 0 spiro atoms. The number of fused-ring (bicyclic) bond motifs is 3. The Balaban J connectivity index is 2.19. The van der Waals surface area contributed by atoms with Gasteiger partial charge in [-0.25, -0.2) is 0 Å². The summed E-state index contributed by atoms with van der Waals surface area (Å²) in [7, 11) is 0. The van der Waals surface area contributed by atoms with Crippen LogP contribution in [0.1, 0.15) is 46.5 Å². The molecule has 1 nitrogen and oxygen atoms in total. The first-order valence-corrected chi connectivity index (χ1v) is 5.24. The van der Waals surface area contributed by atoms with Gasteiger partial charge in [0.25, 0.3) is 0 Å². The molecule has 2 saturated heterocycles. The third-order valence-corrected chi connectivity index (χ3v) is 4.39. The van der Waals surface area contributed by atoms with Gasteiger partial charge in [0, 0.05) is 0 Å². The standard InChI is InChI=1S/C11H20O/c1-4-11-6-5-10(3,12-8-11)9(2)7-11/h9H,4-8H2,1-3H3. The van der Waals surface area contributed by atoms with Gasteiger partial charge in [0.05, 0.1) is 12.2 Å². The van der Waals surface area contributed by atoms with Crippen LogP contribution >= 0.6 is 0 Å². The van der Waals surface area contributed by atoms with E-state index in [1.54, 1.807) is 0 Å². The van der Waals surface area contributed by atoms with Gasteiger partial charge < -0.3 is 4.74 Å². The van der Waals surface area contributed by atoms with Crippen molar-refractivity contribution in [2.45, 2.75) is 52.1 Å². The first kappa shape index (κ1) is 8.55. The summed E-state index contributed by atoms with van der Waals surface area (Å²) in [6.45, 7) is 7.97. The molecule has 3 fully saturated rings. The average Bonchev–Trinajstić information content (AvgIpc) is 2.08. The topological polar surface area (TPSA) is 9.23 Å². The highest BCUT2D eigenvalue weighted by Gasteiger charge is 2.50. The van der Waals surface area contributed by atoms with Gasteiger partial charge in [0.15, 0.2) is 0 Å². The summed E-state index contributed by atoms with van der Waals surface area (Å²) in [5.74, 6) is 0.764. The van der Waals surface area contributed by atoms with Gasteiger partial charge >= 0.3 is 0 Å². The molecule has 2 bridgehead atoms. The molecule has 3 rings (SSSR count). The Hall–Kier alpha value is -0.0400. The lowest BCUT2D eigenvalue weighted by Crippen LogP contribution is -2.54. The lowest BCUT2D eigenvalue weighted by atomic mass is 9.61. The summed E-state index contributed by atoms with van der Waals surface area (Å²) >= 11 is 0. The van der Waals surface area contributed by atoms with Gasteiger partial charge in [-0.1, -0.05) is 13.8 Å². The summed E-state index contributed by atoms with van der Waals surface area (Å²) in [5.41, 5.74) is 0.772. The predicted octanol–water partition coefficient (Wildman–Crippen LogP) is 2.99. The molecular formula is C11H20O. The Morgan fingerprint density at radius 2 is 2.17 bits per heavy atom. The van der Waals surface area contributed by atoms with Crippen LogP contribution in [-0.4, -0.2) is 12.2 Å². The van der Waals surface area contributed by atoms with Crippen LogP contribution in [0.3, 0.4) is 0 Å². The van der Waals surface area contributed by atoms with E-state index < -0.39 is 0 Å². The van der Waals surface area contributed by atoms with Crippen LogP contribution in [0.2, 0.25) is 0 Å². The van der Waals surface area contributed by atoms with Gasteiger partial charge in [-0.05, 0) is 43.9 Å². The van der Waals surface area contributed by atoms with E-state index in [-0.39, 0.29) is 5.60 Å². The summed E-state index contributed by atoms with van der Waals surface area (Å²) < 4.78 is 5.97. The normalized spacial score (nSPS) is 52.8. The minimum absolute atomic E-state index is 0.219. The second-order valence-corrected chi connectivity index (χ2v) is 5.06. The second-order valence-electron chi connectivity index (χ2n) is 5.06. The van der Waals surface area contributed by atoms with Crippen molar-refractivity contribution >= 4 is 0 Å². The largest absolute Gasteiger partial charge is 0.374 e. The summed E-state index contributed by atoms with van der Waals surface area (Å²) in [4.78, 5) is 0. The van der Waals surface area contributed by atoms with E-state index in [0.29, 0.717) is 5.41 Å². The summed E-state index contributed by atoms with van der Waals surface area (Å²) in [5, 5.41) is 0. The van der Waals surface area contributed by atoms with Gasteiger partial charge in [-0.15, -0.1) is 0 Å². The van der Waals surface area contributed by atoms with E-state index in [1.807, 2.05) is 0 Å². The van der Waals surface area contributed by atoms with Crippen molar-refractivity contribution < 1.29 is 4.74 Å².